The topological polar surface area (TPSA) is 87.0 Å². The Labute approximate surface area is 169 Å². The lowest BCUT2D eigenvalue weighted by molar-refractivity contribution is -0.130. The Balaban J connectivity index is 1.76. The molecule has 0 spiro atoms. The number of nitriles is 1. The van der Waals surface area contributed by atoms with E-state index >= 15 is 0 Å². The van der Waals surface area contributed by atoms with Crippen molar-refractivity contribution < 1.29 is 13.2 Å². The maximum absolute atomic E-state index is 12.9. The number of sulfone groups is 1. The molecular formula is C21H19ClN2O3S. The number of hydrogen-bond donors (Lipinski definition) is 1. The second kappa shape index (κ2) is 8.17. The van der Waals surface area contributed by atoms with Crippen LogP contribution in [0.25, 0.3) is 0 Å². The number of carbonyl (C=O) groups excluding carboxylic acids is 1. The van der Waals surface area contributed by atoms with Gasteiger partial charge in [-0.3, -0.25) is 4.79 Å². The molecule has 0 heterocycles. The number of hydrogen-bond acceptors (Lipinski definition) is 4. The fourth-order valence-corrected chi connectivity index (χ4v) is 4.33. The van der Waals surface area contributed by atoms with Crippen LogP contribution in [0.15, 0.2) is 64.9 Å². The van der Waals surface area contributed by atoms with E-state index in [0.717, 1.165) is 41.9 Å². The van der Waals surface area contributed by atoms with Gasteiger partial charge in [0.1, 0.15) is 0 Å². The van der Waals surface area contributed by atoms with Gasteiger partial charge in [-0.05, 0) is 48.2 Å². The second-order valence-corrected chi connectivity index (χ2v) is 9.02. The van der Waals surface area contributed by atoms with Crippen molar-refractivity contribution in [2.75, 3.05) is 0 Å². The third-order valence-corrected chi connectivity index (χ3v) is 6.74. The minimum atomic E-state index is -3.66. The summed E-state index contributed by atoms with van der Waals surface area (Å²) in [4.78, 5) is 13.0. The highest BCUT2D eigenvalue weighted by atomic mass is 35.5. The van der Waals surface area contributed by atoms with Crippen LogP contribution in [-0.4, -0.2) is 14.3 Å². The average molecular weight is 415 g/mol. The predicted molar refractivity (Wildman–Crippen MR) is 107 cm³/mol. The maximum Gasteiger partial charge on any atom is 0.230 e. The van der Waals surface area contributed by atoms with Crippen molar-refractivity contribution in [2.45, 2.75) is 36.1 Å². The number of nitrogens with one attached hydrogen (secondary N) is 1. The number of benzene rings is 2. The van der Waals surface area contributed by atoms with Gasteiger partial charge in [0.2, 0.25) is 15.7 Å². The number of amides is 1. The van der Waals surface area contributed by atoms with E-state index in [4.69, 9.17) is 16.9 Å². The molecule has 2 aromatic carbocycles. The van der Waals surface area contributed by atoms with Crippen LogP contribution in [-0.2, 0) is 26.6 Å². The van der Waals surface area contributed by atoms with E-state index in [2.05, 4.69) is 5.32 Å². The van der Waals surface area contributed by atoms with Crippen LogP contribution in [0.4, 0.5) is 0 Å². The molecular weight excluding hydrogens is 396 g/mol. The molecule has 0 unspecified atom stereocenters. The van der Waals surface area contributed by atoms with Gasteiger partial charge in [-0.2, -0.15) is 5.26 Å². The minimum absolute atomic E-state index is 0.0614. The SMILES string of the molecule is N#C/C=C/S(=O)(=O)c1ccc(C2(C(=O)NCc3ccc(Cl)cc3)CCC2)cc1. The van der Waals surface area contributed by atoms with Crippen LogP contribution in [0.2, 0.25) is 5.02 Å². The third kappa shape index (κ3) is 4.11. The van der Waals surface area contributed by atoms with Crippen LogP contribution in [0.5, 0.6) is 0 Å². The fraction of sp³-hybridized carbons (Fsp3) is 0.238. The highest BCUT2D eigenvalue weighted by molar-refractivity contribution is 7.94. The summed E-state index contributed by atoms with van der Waals surface area (Å²) in [6.45, 7) is 0.406. The lowest BCUT2D eigenvalue weighted by Gasteiger charge is -2.40. The molecule has 0 bridgehead atoms. The molecule has 1 N–H and O–H groups in total. The van der Waals surface area contributed by atoms with Gasteiger partial charge in [0.25, 0.3) is 0 Å². The Morgan fingerprint density at radius 3 is 2.32 bits per heavy atom. The number of rotatable bonds is 6. The molecule has 1 amide bonds. The molecule has 3 rings (SSSR count). The summed E-state index contributed by atoms with van der Waals surface area (Å²) in [5.74, 6) is -0.0614. The van der Waals surface area contributed by atoms with Gasteiger partial charge in [0.15, 0.2) is 0 Å². The molecule has 144 valence electrons. The van der Waals surface area contributed by atoms with Gasteiger partial charge in [-0.1, -0.05) is 42.3 Å². The minimum Gasteiger partial charge on any atom is -0.351 e. The van der Waals surface area contributed by atoms with Crippen molar-refractivity contribution in [3.63, 3.8) is 0 Å². The molecule has 0 atom stereocenters. The molecule has 7 heteroatoms. The molecule has 28 heavy (non-hydrogen) atoms. The van der Waals surface area contributed by atoms with Crippen LogP contribution in [0, 0.1) is 11.3 Å². The highest BCUT2D eigenvalue weighted by Crippen LogP contribution is 2.44. The van der Waals surface area contributed by atoms with Gasteiger partial charge < -0.3 is 5.32 Å². The largest absolute Gasteiger partial charge is 0.351 e. The van der Waals surface area contributed by atoms with Gasteiger partial charge in [-0.25, -0.2) is 8.42 Å². The van der Waals surface area contributed by atoms with Crippen LogP contribution in [0.3, 0.4) is 0 Å². The van der Waals surface area contributed by atoms with Gasteiger partial charge in [-0.15, -0.1) is 0 Å². The van der Waals surface area contributed by atoms with E-state index in [0.29, 0.717) is 11.6 Å². The number of carbonyl (C=O) groups is 1. The number of halogens is 1. The van der Waals surface area contributed by atoms with Crippen molar-refractivity contribution in [2.24, 2.45) is 0 Å². The lowest BCUT2D eigenvalue weighted by Crippen LogP contribution is -2.49. The van der Waals surface area contributed by atoms with Crippen molar-refractivity contribution in [1.29, 1.82) is 5.26 Å². The first kappa shape index (κ1) is 20.1. The molecule has 0 radical (unpaired) electrons. The summed E-state index contributed by atoms with van der Waals surface area (Å²) in [5.41, 5.74) is 1.13. The monoisotopic (exact) mass is 414 g/mol. The first-order chi connectivity index (χ1) is 13.4. The molecule has 1 aliphatic carbocycles. The smallest absolute Gasteiger partial charge is 0.230 e. The second-order valence-electron chi connectivity index (χ2n) is 6.75. The van der Waals surface area contributed by atoms with E-state index in [1.165, 1.54) is 12.1 Å². The first-order valence-electron chi connectivity index (χ1n) is 8.82. The quantitative estimate of drug-likeness (QED) is 0.726. The maximum atomic E-state index is 12.9. The zero-order chi connectivity index (χ0) is 20.2. The highest BCUT2D eigenvalue weighted by Gasteiger charge is 2.45. The van der Waals surface area contributed by atoms with E-state index in [1.54, 1.807) is 30.3 Å². The van der Waals surface area contributed by atoms with Gasteiger partial charge in [0, 0.05) is 23.1 Å². The summed E-state index contributed by atoms with van der Waals surface area (Å²) in [6.07, 6.45) is 3.32. The Kier molecular flexibility index (Phi) is 5.87. The van der Waals surface area contributed by atoms with Gasteiger partial charge in [0.05, 0.1) is 16.4 Å². The van der Waals surface area contributed by atoms with Crippen molar-refractivity contribution in [3.05, 3.63) is 76.2 Å². The molecule has 0 aromatic heterocycles. The van der Waals surface area contributed by atoms with E-state index in [1.807, 2.05) is 12.1 Å². The zero-order valence-electron chi connectivity index (χ0n) is 15.1. The number of nitrogens with zero attached hydrogens (tertiary/aromatic N) is 1. The summed E-state index contributed by atoms with van der Waals surface area (Å²) >= 11 is 5.88. The molecule has 0 aliphatic heterocycles. The molecule has 1 fully saturated rings. The van der Waals surface area contributed by atoms with Gasteiger partial charge >= 0.3 is 0 Å². The Morgan fingerprint density at radius 1 is 1.14 bits per heavy atom. The predicted octanol–water partition coefficient (Wildman–Crippen LogP) is 3.89. The molecule has 1 aliphatic rings. The molecule has 1 saturated carbocycles. The molecule has 2 aromatic rings. The normalized spacial score (nSPS) is 15.6. The van der Waals surface area contributed by atoms with Crippen molar-refractivity contribution >= 4 is 27.3 Å². The van der Waals surface area contributed by atoms with E-state index in [-0.39, 0.29) is 10.8 Å². The zero-order valence-corrected chi connectivity index (χ0v) is 16.6. The van der Waals surface area contributed by atoms with E-state index < -0.39 is 15.3 Å². The van der Waals surface area contributed by atoms with E-state index in [9.17, 15) is 13.2 Å². The standard InChI is InChI=1S/C21H19ClN2O3S/c22-18-7-3-16(4-8-18)15-24-20(25)21(11-1-12-21)17-5-9-19(10-6-17)28(26,27)14-2-13-23/h2-10,14H,1,11-12,15H2,(H,24,25)/b14-2+. The average Bonchev–Trinajstić information content (AvgIpc) is 2.65. The Hall–Kier alpha value is -2.62. The summed E-state index contributed by atoms with van der Waals surface area (Å²) in [5, 5.41) is 13.0. The third-order valence-electron chi connectivity index (χ3n) is 5.07. The number of allylic oxidation sites excluding steroid dienone is 1. The van der Waals surface area contributed by atoms with Crippen LogP contribution >= 0.6 is 11.6 Å². The summed E-state index contributed by atoms with van der Waals surface area (Å²) in [6, 6.07) is 15.3. The Morgan fingerprint density at radius 2 is 1.79 bits per heavy atom. The summed E-state index contributed by atoms with van der Waals surface area (Å²) in [7, 11) is -3.66. The van der Waals surface area contributed by atoms with Crippen molar-refractivity contribution in [3.8, 4) is 6.07 Å². The first-order valence-corrected chi connectivity index (χ1v) is 10.7. The Bertz CT molecular complexity index is 1030. The lowest BCUT2D eigenvalue weighted by atomic mass is 9.64. The van der Waals surface area contributed by atoms with Crippen molar-refractivity contribution in [1.82, 2.24) is 5.32 Å². The fourth-order valence-electron chi connectivity index (χ4n) is 3.29. The molecule has 0 saturated heterocycles. The molecule has 5 nitrogen and oxygen atoms in total. The van der Waals surface area contributed by atoms with Crippen LogP contribution < -0.4 is 5.32 Å². The summed E-state index contributed by atoms with van der Waals surface area (Å²) < 4.78 is 24.3. The van der Waals surface area contributed by atoms with Crippen LogP contribution in [0.1, 0.15) is 30.4 Å².